The Morgan fingerprint density at radius 3 is 1.81 bits per heavy atom. The van der Waals surface area contributed by atoms with E-state index in [1.54, 1.807) is 27.7 Å². The van der Waals surface area contributed by atoms with Gasteiger partial charge in [0.05, 0.1) is 7.11 Å². The number of methoxy groups -OCH3 is 1. The molecule has 0 radical (unpaired) electrons. The first-order valence-corrected chi connectivity index (χ1v) is 12.0. The van der Waals surface area contributed by atoms with Crippen molar-refractivity contribution in [2.24, 2.45) is 11.7 Å². The van der Waals surface area contributed by atoms with Crippen LogP contribution in [0.5, 0.6) is 11.5 Å². The van der Waals surface area contributed by atoms with Gasteiger partial charge in [0.25, 0.3) is 0 Å². The first-order valence-electron chi connectivity index (χ1n) is 12.0. The average Bonchev–Trinajstić information content (AvgIpc) is 2.84. The van der Waals surface area contributed by atoms with Crippen LogP contribution in [-0.2, 0) is 23.7 Å². The minimum absolute atomic E-state index is 0.160. The van der Waals surface area contributed by atoms with Gasteiger partial charge in [0.15, 0.2) is 11.5 Å². The summed E-state index contributed by atoms with van der Waals surface area (Å²) in [5.41, 5.74) is 6.33. The van der Waals surface area contributed by atoms with Crippen LogP contribution in [0.25, 0.3) is 0 Å². The third-order valence-corrected chi connectivity index (χ3v) is 5.91. The molecule has 37 heavy (non-hydrogen) atoms. The van der Waals surface area contributed by atoms with E-state index in [2.05, 4.69) is 4.74 Å². The summed E-state index contributed by atoms with van der Waals surface area (Å²) < 4.78 is 30.5. The van der Waals surface area contributed by atoms with E-state index in [9.17, 15) is 24.3 Å². The Balaban J connectivity index is 3.46. The topological polar surface area (TPSA) is 170 Å². The van der Waals surface area contributed by atoms with E-state index >= 15 is 0 Å². The molecule has 1 rings (SSSR count). The summed E-state index contributed by atoms with van der Waals surface area (Å²) in [4.78, 5) is 48.0. The quantitative estimate of drug-likeness (QED) is 0.220. The number of nitrogens with two attached hydrogens (primary N) is 1. The third-order valence-electron chi connectivity index (χ3n) is 5.91. The van der Waals surface area contributed by atoms with Crippen LogP contribution in [-0.4, -0.2) is 61.0 Å². The van der Waals surface area contributed by atoms with Gasteiger partial charge in [-0.3, -0.25) is 4.79 Å². The first-order chi connectivity index (χ1) is 17.3. The Hall–Kier alpha value is -3.54. The summed E-state index contributed by atoms with van der Waals surface area (Å²) in [5, 5.41) is 9.65. The lowest BCUT2D eigenvalue weighted by atomic mass is 9.79. The van der Waals surface area contributed by atoms with Crippen LogP contribution >= 0.6 is 0 Å². The fraction of sp³-hybridized carbons (Fsp3) is 0.600. The highest BCUT2D eigenvalue weighted by molar-refractivity contribution is 5.75. The van der Waals surface area contributed by atoms with Crippen LogP contribution in [0.15, 0.2) is 18.2 Å². The molecule has 0 saturated carbocycles. The smallest absolute Gasteiger partial charge is 0.480 e. The van der Waals surface area contributed by atoms with Gasteiger partial charge in [0.1, 0.15) is 24.4 Å². The van der Waals surface area contributed by atoms with Crippen molar-refractivity contribution in [2.45, 2.75) is 84.7 Å². The molecule has 12 heteroatoms. The molecule has 208 valence electrons. The molecule has 0 saturated heterocycles. The maximum absolute atomic E-state index is 12.4. The van der Waals surface area contributed by atoms with Crippen molar-refractivity contribution in [3.8, 4) is 11.5 Å². The third kappa shape index (κ3) is 9.79. The van der Waals surface area contributed by atoms with Crippen molar-refractivity contribution in [1.82, 2.24) is 0 Å². The summed E-state index contributed by atoms with van der Waals surface area (Å²) in [6.07, 6.45) is -3.59. The molecule has 0 amide bonds. The first kappa shape index (κ1) is 31.5. The lowest BCUT2D eigenvalue weighted by Gasteiger charge is -2.31. The molecule has 0 aliphatic heterocycles. The molecule has 0 aliphatic carbocycles. The van der Waals surface area contributed by atoms with Crippen LogP contribution in [0.1, 0.15) is 65.9 Å². The summed E-state index contributed by atoms with van der Waals surface area (Å²) in [6.45, 7) is 10.2. The molecule has 1 aromatic carbocycles. The van der Waals surface area contributed by atoms with Crippen molar-refractivity contribution in [3.63, 3.8) is 0 Å². The zero-order valence-corrected chi connectivity index (χ0v) is 22.2. The van der Waals surface area contributed by atoms with Gasteiger partial charge >= 0.3 is 24.4 Å². The predicted molar refractivity (Wildman–Crippen MR) is 131 cm³/mol. The van der Waals surface area contributed by atoms with Crippen LogP contribution in [0.4, 0.5) is 14.4 Å². The number of carboxylic acids is 1. The van der Waals surface area contributed by atoms with Crippen molar-refractivity contribution < 1.29 is 52.7 Å². The Labute approximate surface area is 216 Å². The lowest BCUT2D eigenvalue weighted by molar-refractivity contribution is -0.139. The zero-order chi connectivity index (χ0) is 28.3. The highest BCUT2D eigenvalue weighted by Gasteiger charge is 2.36. The van der Waals surface area contributed by atoms with Gasteiger partial charge in [-0.15, -0.1) is 0 Å². The van der Waals surface area contributed by atoms with Crippen molar-refractivity contribution in [3.05, 3.63) is 23.8 Å². The molecular weight excluding hydrogens is 490 g/mol. The normalized spacial score (nSPS) is 15.7. The number of carbonyl (C=O) groups is 4. The second kappa shape index (κ2) is 14.9. The number of hydrogen-bond acceptors (Lipinski definition) is 11. The average molecular weight is 528 g/mol. The van der Waals surface area contributed by atoms with Gasteiger partial charge in [-0.1, -0.05) is 26.8 Å². The van der Waals surface area contributed by atoms with E-state index in [4.69, 9.17) is 29.4 Å². The Bertz CT molecular complexity index is 935. The van der Waals surface area contributed by atoms with E-state index in [1.165, 1.54) is 18.2 Å². The van der Waals surface area contributed by atoms with Crippen LogP contribution in [0.3, 0.4) is 0 Å². The van der Waals surface area contributed by atoms with Crippen molar-refractivity contribution in [1.29, 1.82) is 0 Å². The van der Waals surface area contributed by atoms with E-state index in [1.807, 2.05) is 13.8 Å². The SMILES string of the molecule is CCC(C)OC(=O)Oc1ccc(C(C(C)C(C)OC(=O)OC)[C@H](N)C(=O)O)cc1OC(=O)OC(C)CC. The molecule has 12 nitrogen and oxygen atoms in total. The molecule has 0 heterocycles. The van der Waals surface area contributed by atoms with Gasteiger partial charge in [-0.05, 0) is 51.3 Å². The minimum Gasteiger partial charge on any atom is -0.480 e. The van der Waals surface area contributed by atoms with E-state index in [-0.39, 0.29) is 11.5 Å². The molecular formula is C25H37NO11. The summed E-state index contributed by atoms with van der Waals surface area (Å²) in [6, 6.07) is 2.67. The number of hydrogen-bond donors (Lipinski definition) is 2. The van der Waals surface area contributed by atoms with Gasteiger partial charge < -0.3 is 39.3 Å². The largest absolute Gasteiger partial charge is 0.514 e. The molecule has 5 unspecified atom stereocenters. The van der Waals surface area contributed by atoms with E-state index in [0.717, 1.165) is 7.11 Å². The fourth-order valence-corrected chi connectivity index (χ4v) is 3.21. The van der Waals surface area contributed by atoms with Crippen molar-refractivity contribution in [2.75, 3.05) is 7.11 Å². The number of aliphatic carboxylic acids is 1. The van der Waals surface area contributed by atoms with Gasteiger partial charge in [-0.25, -0.2) is 14.4 Å². The standard InChI is InChI=1S/C25H37NO11/c1-8-13(3)33-24(30)36-18-11-10-17(12-19(18)37-25(31)34-14(4)9-2)20(21(26)22(27)28)15(5)16(6)35-23(29)32-7/h10-16,20-21H,8-9,26H2,1-7H3,(H,27,28)/t13?,14?,15?,16?,20?,21-/m0/s1. The Kier molecular flexibility index (Phi) is 12.7. The second-order valence-corrected chi connectivity index (χ2v) is 8.61. The maximum atomic E-state index is 12.4. The van der Waals surface area contributed by atoms with Gasteiger partial charge in [0.2, 0.25) is 0 Å². The second-order valence-electron chi connectivity index (χ2n) is 8.61. The maximum Gasteiger partial charge on any atom is 0.514 e. The summed E-state index contributed by atoms with van der Waals surface area (Å²) in [5.74, 6) is -3.24. The summed E-state index contributed by atoms with van der Waals surface area (Å²) in [7, 11) is 1.15. The van der Waals surface area contributed by atoms with E-state index in [0.29, 0.717) is 18.4 Å². The zero-order valence-electron chi connectivity index (χ0n) is 22.2. The molecule has 6 atom stereocenters. The summed E-state index contributed by atoms with van der Waals surface area (Å²) >= 11 is 0. The predicted octanol–water partition coefficient (Wildman–Crippen LogP) is 4.62. The molecule has 0 aliphatic rings. The number of rotatable bonds is 12. The van der Waals surface area contributed by atoms with Gasteiger partial charge in [-0.2, -0.15) is 0 Å². The van der Waals surface area contributed by atoms with E-state index < -0.39 is 60.6 Å². The highest BCUT2D eigenvalue weighted by atomic mass is 16.8. The number of carbonyl (C=O) groups excluding carboxylic acids is 3. The van der Waals surface area contributed by atoms with Crippen LogP contribution < -0.4 is 15.2 Å². The molecule has 0 fully saturated rings. The molecule has 1 aromatic rings. The molecule has 3 N–H and O–H groups in total. The lowest BCUT2D eigenvalue weighted by Crippen LogP contribution is -2.42. The van der Waals surface area contributed by atoms with Gasteiger partial charge in [0, 0.05) is 11.8 Å². The number of carboxylic acid groups (broad SMARTS) is 1. The minimum atomic E-state index is -1.43. The molecule has 0 aromatic heterocycles. The Morgan fingerprint density at radius 2 is 1.35 bits per heavy atom. The number of benzene rings is 1. The highest BCUT2D eigenvalue weighted by Crippen LogP contribution is 2.37. The molecule has 0 spiro atoms. The van der Waals surface area contributed by atoms with Crippen molar-refractivity contribution >= 4 is 24.4 Å². The monoisotopic (exact) mass is 527 g/mol. The Morgan fingerprint density at radius 1 is 0.838 bits per heavy atom. The van der Waals surface area contributed by atoms with Crippen LogP contribution in [0, 0.1) is 5.92 Å². The van der Waals surface area contributed by atoms with Crippen LogP contribution in [0.2, 0.25) is 0 Å². The fourth-order valence-electron chi connectivity index (χ4n) is 3.21. The molecule has 0 bridgehead atoms. The number of ether oxygens (including phenoxy) is 6.